The molecule has 0 unspecified atom stereocenters. The van der Waals surface area contributed by atoms with Gasteiger partial charge in [0.1, 0.15) is 13.2 Å². The summed E-state index contributed by atoms with van der Waals surface area (Å²) >= 11 is 7.58. The monoisotopic (exact) mass is 496 g/mol. The molecule has 0 saturated carbocycles. The van der Waals surface area contributed by atoms with E-state index in [0.717, 1.165) is 17.1 Å². The SMILES string of the molecule is O=C(CCCSc1ccc(Cl)cc1)N1CCN(S(=O)(=O)c2ccc3c(c2)OCCO3)CC1. The smallest absolute Gasteiger partial charge is 0.243 e. The highest BCUT2D eigenvalue weighted by Crippen LogP contribution is 2.33. The van der Waals surface area contributed by atoms with Crippen molar-refractivity contribution in [2.45, 2.75) is 22.6 Å². The molecule has 7 nitrogen and oxygen atoms in total. The van der Waals surface area contributed by atoms with E-state index in [2.05, 4.69) is 0 Å². The number of hydrogen-bond donors (Lipinski definition) is 0. The van der Waals surface area contributed by atoms with Gasteiger partial charge in [-0.1, -0.05) is 11.6 Å². The zero-order chi connectivity index (χ0) is 22.6. The summed E-state index contributed by atoms with van der Waals surface area (Å²) < 4.78 is 38.5. The number of thioether (sulfide) groups is 1. The topological polar surface area (TPSA) is 76.2 Å². The van der Waals surface area contributed by atoms with Gasteiger partial charge in [0.25, 0.3) is 0 Å². The van der Waals surface area contributed by atoms with E-state index in [4.69, 9.17) is 21.1 Å². The van der Waals surface area contributed by atoms with Gasteiger partial charge in [-0.25, -0.2) is 8.42 Å². The second-order valence-electron chi connectivity index (χ2n) is 7.50. The molecule has 2 aromatic carbocycles. The molecule has 4 rings (SSSR count). The molecule has 172 valence electrons. The van der Waals surface area contributed by atoms with Gasteiger partial charge in [-0.15, -0.1) is 11.8 Å². The van der Waals surface area contributed by atoms with Gasteiger partial charge in [0.2, 0.25) is 15.9 Å². The summed E-state index contributed by atoms with van der Waals surface area (Å²) in [6.45, 7) is 2.20. The molecule has 1 amide bonds. The van der Waals surface area contributed by atoms with Crippen LogP contribution in [0.3, 0.4) is 0 Å². The lowest BCUT2D eigenvalue weighted by atomic mass is 10.2. The Morgan fingerprint density at radius 3 is 2.38 bits per heavy atom. The first kappa shape index (κ1) is 23.2. The number of carbonyl (C=O) groups is 1. The summed E-state index contributed by atoms with van der Waals surface area (Å²) in [5.74, 6) is 1.91. The molecule has 0 N–H and O–H groups in total. The third kappa shape index (κ3) is 5.51. The van der Waals surface area contributed by atoms with Crippen LogP contribution in [-0.4, -0.2) is 68.7 Å². The zero-order valence-electron chi connectivity index (χ0n) is 17.5. The molecule has 0 aromatic heterocycles. The summed E-state index contributed by atoms with van der Waals surface area (Å²) in [5.41, 5.74) is 0. The minimum atomic E-state index is -3.65. The van der Waals surface area contributed by atoms with Crippen LogP contribution in [0.25, 0.3) is 0 Å². The average Bonchev–Trinajstić information content (AvgIpc) is 2.82. The molecule has 10 heteroatoms. The summed E-state index contributed by atoms with van der Waals surface area (Å²) in [5, 5.41) is 0.708. The lowest BCUT2D eigenvalue weighted by molar-refractivity contribution is -0.132. The van der Waals surface area contributed by atoms with Crippen molar-refractivity contribution in [3.8, 4) is 11.5 Å². The molecular formula is C22H25ClN2O5S2. The number of piperazine rings is 1. The van der Waals surface area contributed by atoms with E-state index in [-0.39, 0.29) is 23.9 Å². The Bertz CT molecular complexity index is 1050. The number of halogens is 1. The van der Waals surface area contributed by atoms with Crippen LogP contribution in [0.15, 0.2) is 52.3 Å². The lowest BCUT2D eigenvalue weighted by Gasteiger charge is -2.34. The van der Waals surface area contributed by atoms with Gasteiger partial charge in [0.05, 0.1) is 4.90 Å². The fourth-order valence-electron chi connectivity index (χ4n) is 3.61. The minimum Gasteiger partial charge on any atom is -0.486 e. The fourth-order valence-corrected chi connectivity index (χ4v) is 6.03. The standard InChI is InChI=1S/C22H25ClN2O5S2/c23-17-3-5-18(6-4-17)31-15-1-2-22(26)24-9-11-25(12-10-24)32(27,28)19-7-8-20-21(16-19)30-14-13-29-20/h3-8,16H,1-2,9-15H2. The van der Waals surface area contributed by atoms with Crippen LogP contribution in [0.2, 0.25) is 5.02 Å². The second kappa shape index (κ2) is 10.3. The van der Waals surface area contributed by atoms with Gasteiger partial charge in [-0.2, -0.15) is 4.31 Å². The highest BCUT2D eigenvalue weighted by atomic mass is 35.5. The number of benzene rings is 2. The molecule has 0 bridgehead atoms. The molecule has 0 radical (unpaired) electrons. The van der Waals surface area contributed by atoms with Crippen LogP contribution in [0, 0.1) is 0 Å². The van der Waals surface area contributed by atoms with Crippen molar-refractivity contribution in [2.75, 3.05) is 45.1 Å². The third-order valence-corrected chi connectivity index (χ3v) is 8.61. The van der Waals surface area contributed by atoms with E-state index in [9.17, 15) is 13.2 Å². The third-order valence-electron chi connectivity index (χ3n) is 5.36. The summed E-state index contributed by atoms with van der Waals surface area (Å²) in [4.78, 5) is 15.6. The summed E-state index contributed by atoms with van der Waals surface area (Å²) in [6.07, 6.45) is 1.22. The fraction of sp³-hybridized carbons (Fsp3) is 0.409. The van der Waals surface area contributed by atoms with Gasteiger partial charge in [0.15, 0.2) is 11.5 Å². The maximum atomic E-state index is 13.0. The van der Waals surface area contributed by atoms with E-state index < -0.39 is 10.0 Å². The Morgan fingerprint density at radius 1 is 0.969 bits per heavy atom. The van der Waals surface area contributed by atoms with Gasteiger partial charge >= 0.3 is 0 Å². The van der Waals surface area contributed by atoms with Crippen molar-refractivity contribution < 1.29 is 22.7 Å². The number of amides is 1. The van der Waals surface area contributed by atoms with Gasteiger partial charge in [-0.05, 0) is 48.6 Å². The first-order chi connectivity index (χ1) is 15.4. The Hall–Kier alpha value is -1.94. The molecule has 1 saturated heterocycles. The molecule has 1 fully saturated rings. The predicted molar refractivity (Wildman–Crippen MR) is 124 cm³/mol. The van der Waals surface area contributed by atoms with Crippen molar-refractivity contribution >= 4 is 39.3 Å². The van der Waals surface area contributed by atoms with Crippen molar-refractivity contribution in [1.82, 2.24) is 9.21 Å². The number of fused-ring (bicyclic) bond motifs is 1. The summed E-state index contributed by atoms with van der Waals surface area (Å²) in [6, 6.07) is 12.3. The van der Waals surface area contributed by atoms with Gasteiger partial charge < -0.3 is 14.4 Å². The molecule has 2 aromatic rings. The largest absolute Gasteiger partial charge is 0.486 e. The number of sulfonamides is 1. The van der Waals surface area contributed by atoms with E-state index in [0.29, 0.717) is 49.2 Å². The predicted octanol–water partition coefficient (Wildman–Crippen LogP) is 3.52. The Balaban J connectivity index is 1.25. The van der Waals surface area contributed by atoms with Gasteiger partial charge in [-0.3, -0.25) is 4.79 Å². The molecule has 0 spiro atoms. The first-order valence-corrected chi connectivity index (χ1v) is 13.3. The van der Waals surface area contributed by atoms with Crippen molar-refractivity contribution in [2.24, 2.45) is 0 Å². The molecule has 2 aliphatic heterocycles. The van der Waals surface area contributed by atoms with E-state index in [1.165, 1.54) is 10.4 Å². The summed E-state index contributed by atoms with van der Waals surface area (Å²) in [7, 11) is -3.65. The highest BCUT2D eigenvalue weighted by Gasteiger charge is 2.31. The second-order valence-corrected chi connectivity index (χ2v) is 11.0. The Labute approximate surface area is 197 Å². The minimum absolute atomic E-state index is 0.0677. The van der Waals surface area contributed by atoms with E-state index in [1.54, 1.807) is 28.8 Å². The average molecular weight is 497 g/mol. The molecule has 2 heterocycles. The Kier molecular flexibility index (Phi) is 7.50. The first-order valence-electron chi connectivity index (χ1n) is 10.5. The van der Waals surface area contributed by atoms with E-state index in [1.807, 2.05) is 24.3 Å². The lowest BCUT2D eigenvalue weighted by Crippen LogP contribution is -2.50. The number of hydrogen-bond acceptors (Lipinski definition) is 6. The van der Waals surface area contributed by atoms with Crippen LogP contribution in [0.4, 0.5) is 0 Å². The van der Waals surface area contributed by atoms with Crippen molar-refractivity contribution in [1.29, 1.82) is 0 Å². The van der Waals surface area contributed by atoms with Crippen LogP contribution in [0.1, 0.15) is 12.8 Å². The molecule has 2 aliphatic rings. The quantitative estimate of drug-likeness (QED) is 0.431. The number of carbonyl (C=O) groups excluding carboxylic acids is 1. The van der Waals surface area contributed by atoms with Crippen molar-refractivity contribution in [3.63, 3.8) is 0 Å². The van der Waals surface area contributed by atoms with E-state index >= 15 is 0 Å². The highest BCUT2D eigenvalue weighted by molar-refractivity contribution is 7.99. The number of rotatable bonds is 7. The Morgan fingerprint density at radius 2 is 1.66 bits per heavy atom. The van der Waals surface area contributed by atoms with Crippen LogP contribution in [0.5, 0.6) is 11.5 Å². The maximum absolute atomic E-state index is 13.0. The number of ether oxygens (including phenoxy) is 2. The molecular weight excluding hydrogens is 472 g/mol. The number of nitrogens with zero attached hydrogens (tertiary/aromatic N) is 2. The van der Waals surface area contributed by atoms with Crippen LogP contribution in [-0.2, 0) is 14.8 Å². The van der Waals surface area contributed by atoms with Crippen LogP contribution < -0.4 is 9.47 Å². The molecule has 0 atom stereocenters. The maximum Gasteiger partial charge on any atom is 0.243 e. The zero-order valence-corrected chi connectivity index (χ0v) is 19.9. The normalized spacial score (nSPS) is 16.7. The van der Waals surface area contributed by atoms with Crippen molar-refractivity contribution in [3.05, 3.63) is 47.5 Å². The molecule has 32 heavy (non-hydrogen) atoms. The van der Waals surface area contributed by atoms with Gasteiger partial charge in [0, 0.05) is 48.6 Å². The molecule has 0 aliphatic carbocycles. The van der Waals surface area contributed by atoms with Crippen LogP contribution >= 0.6 is 23.4 Å².